The lowest BCUT2D eigenvalue weighted by atomic mass is 10.2. The van der Waals surface area contributed by atoms with Crippen molar-refractivity contribution in [3.05, 3.63) is 59.7 Å². The maximum atomic E-state index is 13.4. The molecule has 0 unspecified atom stereocenters. The molecule has 9 heteroatoms. The van der Waals surface area contributed by atoms with Crippen LogP contribution in [-0.4, -0.2) is 62.8 Å². The Morgan fingerprint density at radius 2 is 1.47 bits per heavy atom. The third-order valence-corrected chi connectivity index (χ3v) is 7.39. The molecule has 0 radical (unpaired) electrons. The minimum Gasteiger partial charge on any atom is -0.497 e. The minimum atomic E-state index is -3.65. The quantitative estimate of drug-likeness (QED) is 0.588. The van der Waals surface area contributed by atoms with E-state index in [2.05, 4.69) is 5.32 Å². The highest BCUT2D eigenvalue weighted by molar-refractivity contribution is 7.89. The van der Waals surface area contributed by atoms with E-state index >= 15 is 0 Å². The van der Waals surface area contributed by atoms with Gasteiger partial charge in [-0.2, -0.15) is 4.31 Å². The van der Waals surface area contributed by atoms with Gasteiger partial charge >= 0.3 is 6.03 Å². The average molecular weight is 462 g/mol. The molecule has 1 aliphatic rings. The Balaban J connectivity index is 1.78. The van der Waals surface area contributed by atoms with Gasteiger partial charge in [0.05, 0.1) is 20.0 Å². The van der Waals surface area contributed by atoms with Gasteiger partial charge in [0.25, 0.3) is 0 Å². The molecule has 1 atom stereocenters. The summed E-state index contributed by atoms with van der Waals surface area (Å²) in [7, 11) is -0.466. The van der Waals surface area contributed by atoms with Crippen LogP contribution in [0.2, 0.25) is 0 Å². The van der Waals surface area contributed by atoms with E-state index in [9.17, 15) is 13.2 Å². The molecule has 0 bridgehead atoms. The standard InChI is InChI=1S/C23H31N3O5S/c1-18-12-13-24-23(27)26(18)14-15-32(28,29)25(16-19-4-8-21(30-2)9-5-19)17-20-6-10-22(31-3)11-7-20/h4-11,18H,12-17H2,1-3H3,(H,24,27)/t18-/m1/s1. The first-order valence-corrected chi connectivity index (χ1v) is 12.2. The molecule has 1 fully saturated rings. The molecule has 8 nitrogen and oxygen atoms in total. The molecule has 174 valence electrons. The van der Waals surface area contributed by atoms with Crippen LogP contribution in [0.3, 0.4) is 0 Å². The number of methoxy groups -OCH3 is 2. The summed E-state index contributed by atoms with van der Waals surface area (Å²) in [6, 6.07) is 14.5. The summed E-state index contributed by atoms with van der Waals surface area (Å²) >= 11 is 0. The third kappa shape index (κ3) is 6.14. The fourth-order valence-corrected chi connectivity index (χ4v) is 5.01. The first-order valence-electron chi connectivity index (χ1n) is 10.6. The van der Waals surface area contributed by atoms with Gasteiger partial charge < -0.3 is 19.7 Å². The molecule has 0 aromatic heterocycles. The van der Waals surface area contributed by atoms with Gasteiger partial charge in [-0.1, -0.05) is 24.3 Å². The van der Waals surface area contributed by atoms with Gasteiger partial charge in [0.2, 0.25) is 10.0 Å². The zero-order chi connectivity index (χ0) is 23.1. The molecule has 1 aliphatic heterocycles. The van der Waals surface area contributed by atoms with E-state index in [1.54, 1.807) is 19.1 Å². The molecule has 0 saturated carbocycles. The number of ether oxygens (including phenoxy) is 2. The summed E-state index contributed by atoms with van der Waals surface area (Å²) < 4.78 is 38.6. The second kappa shape index (κ2) is 10.7. The lowest BCUT2D eigenvalue weighted by Crippen LogP contribution is -2.53. The number of nitrogens with one attached hydrogen (secondary N) is 1. The molecular formula is C23H31N3O5S. The highest BCUT2D eigenvalue weighted by Gasteiger charge is 2.29. The normalized spacial score (nSPS) is 16.7. The number of carbonyl (C=O) groups excluding carboxylic acids is 1. The van der Waals surface area contributed by atoms with Crippen LogP contribution in [0, 0.1) is 0 Å². The Kier molecular flexibility index (Phi) is 7.98. The molecule has 2 aromatic carbocycles. The van der Waals surface area contributed by atoms with E-state index in [0.29, 0.717) is 18.0 Å². The van der Waals surface area contributed by atoms with Crippen molar-refractivity contribution in [2.24, 2.45) is 0 Å². The van der Waals surface area contributed by atoms with Crippen LogP contribution in [0.5, 0.6) is 11.5 Å². The number of amides is 2. The first kappa shape index (κ1) is 23.9. The second-order valence-electron chi connectivity index (χ2n) is 7.84. The zero-order valence-corrected chi connectivity index (χ0v) is 19.6. The van der Waals surface area contributed by atoms with Crippen LogP contribution in [0.15, 0.2) is 48.5 Å². The number of nitrogens with zero attached hydrogens (tertiary/aromatic N) is 2. The number of urea groups is 1. The summed E-state index contributed by atoms with van der Waals surface area (Å²) in [5, 5.41) is 2.78. The van der Waals surface area contributed by atoms with E-state index < -0.39 is 10.0 Å². The number of rotatable bonds is 10. The molecule has 2 aromatic rings. The first-order chi connectivity index (χ1) is 15.3. The van der Waals surface area contributed by atoms with Crippen LogP contribution in [0.25, 0.3) is 0 Å². The Morgan fingerprint density at radius 1 is 0.969 bits per heavy atom. The van der Waals surface area contributed by atoms with Crippen molar-refractivity contribution in [1.29, 1.82) is 0 Å². The van der Waals surface area contributed by atoms with E-state index in [0.717, 1.165) is 17.5 Å². The van der Waals surface area contributed by atoms with Gasteiger partial charge in [-0.15, -0.1) is 0 Å². The maximum Gasteiger partial charge on any atom is 0.317 e. The Hall–Kier alpha value is -2.78. The predicted octanol–water partition coefficient (Wildman–Crippen LogP) is 2.84. The van der Waals surface area contributed by atoms with Crippen LogP contribution < -0.4 is 14.8 Å². The molecule has 1 heterocycles. The molecule has 2 amide bonds. The molecule has 1 N–H and O–H groups in total. The Morgan fingerprint density at radius 3 is 1.91 bits per heavy atom. The van der Waals surface area contributed by atoms with Gasteiger partial charge in [0.1, 0.15) is 11.5 Å². The van der Waals surface area contributed by atoms with Crippen molar-refractivity contribution in [3.63, 3.8) is 0 Å². The molecule has 0 spiro atoms. The van der Waals surface area contributed by atoms with Crippen molar-refractivity contribution in [2.75, 3.05) is 33.1 Å². The summed E-state index contributed by atoms with van der Waals surface area (Å²) in [5.41, 5.74) is 1.71. The maximum absolute atomic E-state index is 13.4. The lowest BCUT2D eigenvalue weighted by molar-refractivity contribution is 0.164. The second-order valence-corrected chi connectivity index (χ2v) is 9.93. The van der Waals surface area contributed by atoms with E-state index in [1.165, 1.54) is 4.31 Å². The summed E-state index contributed by atoms with van der Waals surface area (Å²) in [6.07, 6.45) is 0.799. The zero-order valence-electron chi connectivity index (χ0n) is 18.8. The van der Waals surface area contributed by atoms with Crippen molar-refractivity contribution in [2.45, 2.75) is 32.5 Å². The van der Waals surface area contributed by atoms with Gasteiger partial charge in [0, 0.05) is 32.2 Å². The fraction of sp³-hybridized carbons (Fsp3) is 0.435. The van der Waals surface area contributed by atoms with Gasteiger partial charge in [-0.25, -0.2) is 13.2 Å². The van der Waals surface area contributed by atoms with Crippen LogP contribution >= 0.6 is 0 Å². The largest absolute Gasteiger partial charge is 0.497 e. The van der Waals surface area contributed by atoms with Crippen molar-refractivity contribution in [3.8, 4) is 11.5 Å². The SMILES string of the molecule is COc1ccc(CN(Cc2ccc(OC)cc2)S(=O)(=O)CCN2C(=O)NCC[C@H]2C)cc1. The predicted molar refractivity (Wildman–Crippen MR) is 123 cm³/mol. The van der Waals surface area contributed by atoms with Crippen LogP contribution in [-0.2, 0) is 23.1 Å². The topological polar surface area (TPSA) is 88.2 Å². The highest BCUT2D eigenvalue weighted by Crippen LogP contribution is 2.20. The summed E-state index contributed by atoms with van der Waals surface area (Å²) in [5.74, 6) is 1.28. The van der Waals surface area contributed by atoms with E-state index in [1.807, 2.05) is 55.5 Å². The molecular weight excluding hydrogens is 430 g/mol. The number of carbonyl (C=O) groups is 1. The van der Waals surface area contributed by atoms with Crippen LogP contribution in [0.4, 0.5) is 4.79 Å². The monoisotopic (exact) mass is 461 g/mol. The lowest BCUT2D eigenvalue weighted by Gasteiger charge is -2.34. The Bertz CT molecular complexity index is 944. The minimum absolute atomic E-state index is 0.00979. The van der Waals surface area contributed by atoms with E-state index in [4.69, 9.17) is 9.47 Å². The molecule has 0 aliphatic carbocycles. The number of hydrogen-bond donors (Lipinski definition) is 1. The number of sulfonamides is 1. The molecule has 3 rings (SSSR count). The number of hydrogen-bond acceptors (Lipinski definition) is 5. The molecule has 1 saturated heterocycles. The fourth-order valence-electron chi connectivity index (χ4n) is 3.63. The third-order valence-electron chi connectivity index (χ3n) is 5.65. The Labute approximate surface area is 190 Å². The molecule has 32 heavy (non-hydrogen) atoms. The average Bonchev–Trinajstić information content (AvgIpc) is 2.79. The summed E-state index contributed by atoms with van der Waals surface area (Å²) in [6.45, 7) is 3.15. The van der Waals surface area contributed by atoms with Crippen molar-refractivity contribution in [1.82, 2.24) is 14.5 Å². The van der Waals surface area contributed by atoms with E-state index in [-0.39, 0.29) is 37.5 Å². The van der Waals surface area contributed by atoms with Crippen molar-refractivity contribution < 1.29 is 22.7 Å². The van der Waals surface area contributed by atoms with Gasteiger partial charge in [0.15, 0.2) is 0 Å². The van der Waals surface area contributed by atoms with Gasteiger partial charge in [-0.05, 0) is 48.7 Å². The summed E-state index contributed by atoms with van der Waals surface area (Å²) in [4.78, 5) is 13.8. The van der Waals surface area contributed by atoms with Gasteiger partial charge in [-0.3, -0.25) is 0 Å². The van der Waals surface area contributed by atoms with Crippen molar-refractivity contribution >= 4 is 16.1 Å². The van der Waals surface area contributed by atoms with Crippen LogP contribution in [0.1, 0.15) is 24.5 Å². The highest BCUT2D eigenvalue weighted by atomic mass is 32.2. The smallest absolute Gasteiger partial charge is 0.317 e. The number of benzene rings is 2.